The molecule has 0 saturated heterocycles. The monoisotopic (exact) mass is 508 g/mol. The highest BCUT2D eigenvalue weighted by molar-refractivity contribution is 7.89. The highest BCUT2D eigenvalue weighted by Crippen LogP contribution is 2.35. The summed E-state index contributed by atoms with van der Waals surface area (Å²) in [5, 5.41) is 2.74. The molecule has 0 unspecified atom stereocenters. The number of hydrogen-bond acceptors (Lipinski definition) is 7. The van der Waals surface area contributed by atoms with Gasteiger partial charge in [-0.2, -0.15) is 4.31 Å². The molecule has 1 atom stereocenters. The predicted molar refractivity (Wildman–Crippen MR) is 131 cm³/mol. The number of anilines is 1. The summed E-state index contributed by atoms with van der Waals surface area (Å²) in [5.41, 5.74) is 2.11. The van der Waals surface area contributed by atoms with Gasteiger partial charge in [0.25, 0.3) is 0 Å². The van der Waals surface area contributed by atoms with Crippen LogP contribution in [-0.2, 0) is 32.5 Å². The number of ether oxygens (including phenoxy) is 3. The van der Waals surface area contributed by atoms with E-state index in [9.17, 15) is 18.0 Å². The van der Waals surface area contributed by atoms with E-state index in [4.69, 9.17) is 14.2 Å². The standard InChI is InChI=1S/C26H24N2O7S/c1-33-26(30)20-8-4-5-9-21(20)27-25(29)22-14-17-6-2-3-7-18(17)16-28(22)36(31,32)19-10-11-23-24(15-19)35-13-12-34-23/h2-11,15,22H,12-14,16H2,1H3,(H,27,29)/t22-/m0/s1. The molecule has 1 amide bonds. The van der Waals surface area contributed by atoms with Crippen molar-refractivity contribution in [2.24, 2.45) is 0 Å². The number of nitrogens with one attached hydrogen (secondary N) is 1. The zero-order valence-electron chi connectivity index (χ0n) is 19.5. The van der Waals surface area contributed by atoms with Crippen LogP contribution < -0.4 is 14.8 Å². The molecule has 10 heteroatoms. The Kier molecular flexibility index (Phi) is 6.38. The normalized spacial score (nSPS) is 17.1. The number of carbonyl (C=O) groups excluding carboxylic acids is 2. The molecule has 0 saturated carbocycles. The molecular weight excluding hydrogens is 484 g/mol. The molecule has 2 aliphatic rings. The first kappa shape index (κ1) is 23.8. The molecule has 3 aromatic rings. The number of rotatable bonds is 5. The van der Waals surface area contributed by atoms with Crippen LogP contribution in [0.5, 0.6) is 11.5 Å². The molecule has 0 bridgehead atoms. The fourth-order valence-corrected chi connectivity index (χ4v) is 5.97. The second-order valence-electron chi connectivity index (χ2n) is 8.37. The first-order valence-electron chi connectivity index (χ1n) is 11.3. The van der Waals surface area contributed by atoms with Crippen LogP contribution >= 0.6 is 0 Å². The molecule has 186 valence electrons. The van der Waals surface area contributed by atoms with Gasteiger partial charge in [-0.25, -0.2) is 13.2 Å². The molecule has 0 fully saturated rings. The van der Waals surface area contributed by atoms with Crippen LogP contribution in [0.4, 0.5) is 5.69 Å². The Bertz CT molecular complexity index is 1440. The lowest BCUT2D eigenvalue weighted by molar-refractivity contribution is -0.120. The van der Waals surface area contributed by atoms with Crippen LogP contribution in [0.15, 0.2) is 71.6 Å². The first-order chi connectivity index (χ1) is 17.4. The van der Waals surface area contributed by atoms with Gasteiger partial charge in [-0.1, -0.05) is 36.4 Å². The number of benzene rings is 3. The van der Waals surface area contributed by atoms with Crippen molar-refractivity contribution in [3.8, 4) is 11.5 Å². The van der Waals surface area contributed by atoms with E-state index in [0.29, 0.717) is 24.7 Å². The van der Waals surface area contributed by atoms with Crippen LogP contribution in [-0.4, -0.2) is 51.0 Å². The summed E-state index contributed by atoms with van der Waals surface area (Å²) >= 11 is 0. The SMILES string of the molecule is COC(=O)c1ccccc1NC(=O)[C@@H]1Cc2ccccc2CN1S(=O)(=O)c1ccc2c(c1)OCCO2. The number of sulfonamides is 1. The van der Waals surface area contributed by atoms with Gasteiger partial charge in [-0.05, 0) is 41.8 Å². The van der Waals surface area contributed by atoms with E-state index in [1.165, 1.54) is 29.6 Å². The number of amides is 1. The maximum Gasteiger partial charge on any atom is 0.339 e. The van der Waals surface area contributed by atoms with Crippen molar-refractivity contribution in [3.63, 3.8) is 0 Å². The number of nitrogens with zero attached hydrogens (tertiary/aromatic N) is 1. The second kappa shape index (κ2) is 9.63. The Morgan fingerprint density at radius 1 is 0.944 bits per heavy atom. The summed E-state index contributed by atoms with van der Waals surface area (Å²) in [7, 11) is -2.86. The predicted octanol–water partition coefficient (Wildman–Crippen LogP) is 3.00. The van der Waals surface area contributed by atoms with Gasteiger partial charge in [0.2, 0.25) is 15.9 Å². The van der Waals surface area contributed by atoms with Crippen LogP contribution in [0.2, 0.25) is 0 Å². The second-order valence-corrected chi connectivity index (χ2v) is 10.3. The van der Waals surface area contributed by atoms with Crippen molar-refractivity contribution in [1.29, 1.82) is 0 Å². The number of hydrogen-bond donors (Lipinski definition) is 1. The highest BCUT2D eigenvalue weighted by atomic mass is 32.2. The molecule has 9 nitrogen and oxygen atoms in total. The molecule has 0 spiro atoms. The highest BCUT2D eigenvalue weighted by Gasteiger charge is 2.40. The molecular formula is C26H24N2O7S. The molecule has 3 aromatic carbocycles. The number of fused-ring (bicyclic) bond motifs is 2. The third-order valence-electron chi connectivity index (χ3n) is 6.22. The molecule has 0 radical (unpaired) electrons. The van der Waals surface area contributed by atoms with E-state index < -0.39 is 27.9 Å². The smallest absolute Gasteiger partial charge is 0.339 e. The van der Waals surface area contributed by atoms with Gasteiger partial charge >= 0.3 is 5.97 Å². The fraction of sp³-hybridized carbons (Fsp3) is 0.231. The molecule has 36 heavy (non-hydrogen) atoms. The van der Waals surface area contributed by atoms with Crippen molar-refractivity contribution in [1.82, 2.24) is 4.31 Å². The van der Waals surface area contributed by atoms with E-state index in [2.05, 4.69) is 5.32 Å². The minimum Gasteiger partial charge on any atom is -0.486 e. The molecule has 2 heterocycles. The third kappa shape index (κ3) is 4.40. The Hall–Kier alpha value is -3.89. The number of esters is 1. The Morgan fingerprint density at radius 3 is 2.42 bits per heavy atom. The summed E-state index contributed by atoms with van der Waals surface area (Å²) in [4.78, 5) is 25.7. The lowest BCUT2D eigenvalue weighted by atomic mass is 9.95. The number of methoxy groups -OCH3 is 1. The molecule has 0 aliphatic carbocycles. The van der Waals surface area contributed by atoms with Crippen molar-refractivity contribution in [2.45, 2.75) is 23.9 Å². The first-order valence-corrected chi connectivity index (χ1v) is 12.8. The Labute approximate surface area is 208 Å². The summed E-state index contributed by atoms with van der Waals surface area (Å²) in [5.74, 6) is -0.353. The van der Waals surface area contributed by atoms with E-state index in [1.807, 2.05) is 24.3 Å². The molecule has 2 aliphatic heterocycles. The van der Waals surface area contributed by atoms with E-state index in [-0.39, 0.29) is 29.1 Å². The van der Waals surface area contributed by atoms with Gasteiger partial charge < -0.3 is 19.5 Å². The van der Waals surface area contributed by atoms with Crippen molar-refractivity contribution >= 4 is 27.6 Å². The molecule has 5 rings (SSSR count). The summed E-state index contributed by atoms with van der Waals surface area (Å²) < 4.78 is 44.8. The summed E-state index contributed by atoms with van der Waals surface area (Å²) in [6, 6.07) is 17.2. The number of para-hydroxylation sites is 1. The average molecular weight is 509 g/mol. The zero-order valence-corrected chi connectivity index (χ0v) is 20.3. The minimum atomic E-state index is -4.11. The van der Waals surface area contributed by atoms with Crippen LogP contribution in [0.1, 0.15) is 21.5 Å². The van der Waals surface area contributed by atoms with Crippen LogP contribution in [0.25, 0.3) is 0 Å². The fourth-order valence-electron chi connectivity index (χ4n) is 4.39. The topological polar surface area (TPSA) is 111 Å². The minimum absolute atomic E-state index is 0.00103. The summed E-state index contributed by atoms with van der Waals surface area (Å²) in [6.07, 6.45) is 0.173. The molecule has 0 aromatic heterocycles. The van der Waals surface area contributed by atoms with Gasteiger partial charge in [0, 0.05) is 12.6 Å². The molecule has 1 N–H and O–H groups in total. The van der Waals surface area contributed by atoms with Crippen LogP contribution in [0.3, 0.4) is 0 Å². The summed E-state index contributed by atoms with van der Waals surface area (Å²) in [6.45, 7) is 0.721. The Morgan fingerprint density at radius 2 is 1.64 bits per heavy atom. The zero-order chi connectivity index (χ0) is 25.3. The van der Waals surface area contributed by atoms with E-state index >= 15 is 0 Å². The van der Waals surface area contributed by atoms with Gasteiger partial charge in [-0.3, -0.25) is 4.79 Å². The quantitative estimate of drug-likeness (QED) is 0.528. The van der Waals surface area contributed by atoms with Gasteiger partial charge in [0.1, 0.15) is 19.3 Å². The van der Waals surface area contributed by atoms with Crippen molar-refractivity contribution in [2.75, 3.05) is 25.6 Å². The lowest BCUT2D eigenvalue weighted by Gasteiger charge is -2.35. The average Bonchev–Trinajstić information content (AvgIpc) is 2.91. The third-order valence-corrected chi connectivity index (χ3v) is 8.07. The van der Waals surface area contributed by atoms with Crippen molar-refractivity contribution in [3.05, 3.63) is 83.4 Å². The Balaban J connectivity index is 1.52. The van der Waals surface area contributed by atoms with Gasteiger partial charge in [-0.15, -0.1) is 0 Å². The van der Waals surface area contributed by atoms with Crippen molar-refractivity contribution < 1.29 is 32.2 Å². The van der Waals surface area contributed by atoms with E-state index in [0.717, 1.165) is 11.1 Å². The maximum absolute atomic E-state index is 13.8. The van der Waals surface area contributed by atoms with Gasteiger partial charge in [0.05, 0.1) is 23.3 Å². The van der Waals surface area contributed by atoms with Crippen LogP contribution in [0, 0.1) is 0 Å². The number of carbonyl (C=O) groups is 2. The van der Waals surface area contributed by atoms with E-state index in [1.54, 1.807) is 24.3 Å². The van der Waals surface area contributed by atoms with Gasteiger partial charge in [0.15, 0.2) is 11.5 Å². The largest absolute Gasteiger partial charge is 0.486 e. The maximum atomic E-state index is 13.8. The lowest BCUT2D eigenvalue weighted by Crippen LogP contribution is -2.50.